The molecule has 0 fully saturated rings. The first kappa shape index (κ1) is 16.0. The summed E-state index contributed by atoms with van der Waals surface area (Å²) >= 11 is 1.38. The van der Waals surface area contributed by atoms with Crippen molar-refractivity contribution in [1.82, 2.24) is 15.8 Å². The van der Waals surface area contributed by atoms with Crippen LogP contribution in [0.3, 0.4) is 0 Å². The summed E-state index contributed by atoms with van der Waals surface area (Å²) < 4.78 is 0. The fourth-order valence-electron chi connectivity index (χ4n) is 1.99. The molecule has 22 heavy (non-hydrogen) atoms. The lowest BCUT2D eigenvalue weighted by Crippen LogP contribution is -2.43. The van der Waals surface area contributed by atoms with Gasteiger partial charge in [-0.3, -0.25) is 25.2 Å². The number of aromatic nitrogens is 1. The van der Waals surface area contributed by atoms with Crippen molar-refractivity contribution in [3.63, 3.8) is 0 Å². The van der Waals surface area contributed by atoms with Crippen molar-refractivity contribution in [3.05, 3.63) is 55.6 Å². The number of pyridine rings is 1. The van der Waals surface area contributed by atoms with Crippen molar-refractivity contribution in [2.45, 2.75) is 26.7 Å². The Kier molecular flexibility index (Phi) is 5.11. The maximum Gasteiger partial charge on any atom is 0.279 e. The molecule has 0 aliphatic rings. The number of aromatic amines is 1. The molecule has 116 valence electrons. The summed E-state index contributed by atoms with van der Waals surface area (Å²) in [7, 11) is 0. The van der Waals surface area contributed by atoms with Crippen LogP contribution in [0, 0.1) is 6.92 Å². The molecule has 0 saturated heterocycles. The summed E-state index contributed by atoms with van der Waals surface area (Å²) in [5.41, 5.74) is 5.15. The number of carbonyl (C=O) groups is 2. The van der Waals surface area contributed by atoms with Crippen molar-refractivity contribution in [3.8, 4) is 0 Å². The number of nitrogens with one attached hydrogen (secondary N) is 3. The number of carbonyl (C=O) groups excluding carboxylic acids is 2. The van der Waals surface area contributed by atoms with Crippen LogP contribution >= 0.6 is 11.3 Å². The predicted molar refractivity (Wildman–Crippen MR) is 85.0 cm³/mol. The quantitative estimate of drug-likeness (QED) is 0.750. The molecule has 0 spiro atoms. The fraction of sp³-hybridized carbons (Fsp3) is 0.267. The SMILES string of the molecule is CCCc1cc(C(=O)NNC(=O)c2ccc[nH]c2=O)sc1C. The van der Waals surface area contributed by atoms with Crippen molar-refractivity contribution in [1.29, 1.82) is 0 Å². The van der Waals surface area contributed by atoms with Gasteiger partial charge >= 0.3 is 0 Å². The molecular formula is C15H17N3O3S. The van der Waals surface area contributed by atoms with Gasteiger partial charge in [0.25, 0.3) is 17.4 Å². The van der Waals surface area contributed by atoms with Crippen LogP contribution in [-0.2, 0) is 6.42 Å². The number of hydrogen-bond donors (Lipinski definition) is 3. The molecule has 0 atom stereocenters. The lowest BCUT2D eigenvalue weighted by atomic mass is 10.1. The Bertz CT molecular complexity index is 748. The largest absolute Gasteiger partial charge is 0.328 e. The molecule has 0 radical (unpaired) electrons. The van der Waals surface area contributed by atoms with Crippen LogP contribution in [0.5, 0.6) is 0 Å². The molecule has 0 aliphatic heterocycles. The summed E-state index contributed by atoms with van der Waals surface area (Å²) in [6, 6.07) is 4.76. The third-order valence-electron chi connectivity index (χ3n) is 3.12. The van der Waals surface area contributed by atoms with Gasteiger partial charge < -0.3 is 4.98 Å². The molecule has 2 aromatic rings. The number of H-pyrrole nitrogens is 1. The van der Waals surface area contributed by atoms with Gasteiger partial charge in [0.1, 0.15) is 5.56 Å². The van der Waals surface area contributed by atoms with Crippen molar-refractivity contribution in [2.24, 2.45) is 0 Å². The lowest BCUT2D eigenvalue weighted by molar-refractivity contribution is 0.0848. The van der Waals surface area contributed by atoms with Crippen LogP contribution in [0.4, 0.5) is 0 Å². The van der Waals surface area contributed by atoms with E-state index in [1.165, 1.54) is 29.7 Å². The first-order chi connectivity index (χ1) is 10.5. The van der Waals surface area contributed by atoms with Crippen molar-refractivity contribution >= 4 is 23.2 Å². The van der Waals surface area contributed by atoms with Crippen molar-refractivity contribution < 1.29 is 9.59 Å². The highest BCUT2D eigenvalue weighted by atomic mass is 32.1. The van der Waals surface area contributed by atoms with Crippen LogP contribution in [-0.4, -0.2) is 16.8 Å². The number of thiophene rings is 1. The normalized spacial score (nSPS) is 10.3. The zero-order valence-electron chi connectivity index (χ0n) is 12.4. The van der Waals surface area contributed by atoms with Crippen LogP contribution < -0.4 is 16.4 Å². The first-order valence-corrected chi connectivity index (χ1v) is 7.72. The second-order valence-electron chi connectivity index (χ2n) is 4.76. The smallest absolute Gasteiger partial charge is 0.279 e. The minimum absolute atomic E-state index is 0.0585. The molecule has 0 unspecified atom stereocenters. The van der Waals surface area contributed by atoms with E-state index in [-0.39, 0.29) is 5.56 Å². The summed E-state index contributed by atoms with van der Waals surface area (Å²) in [6.07, 6.45) is 3.36. The van der Waals surface area contributed by atoms with Gasteiger partial charge in [-0.25, -0.2) is 0 Å². The monoisotopic (exact) mass is 319 g/mol. The average Bonchev–Trinajstić information content (AvgIpc) is 2.87. The van der Waals surface area contributed by atoms with Crippen LogP contribution in [0.2, 0.25) is 0 Å². The second-order valence-corrected chi connectivity index (χ2v) is 6.02. The second kappa shape index (κ2) is 7.04. The molecule has 2 heterocycles. The van der Waals surface area contributed by atoms with Gasteiger partial charge in [0.05, 0.1) is 4.88 Å². The highest BCUT2D eigenvalue weighted by Gasteiger charge is 2.14. The van der Waals surface area contributed by atoms with E-state index in [2.05, 4.69) is 22.8 Å². The standard InChI is InChI=1S/C15H17N3O3S/c1-3-5-10-8-12(22-9(10)2)15(21)18-17-14(20)11-6-4-7-16-13(11)19/h4,6-8H,3,5H2,1-2H3,(H,16,19)(H,17,20)(H,18,21). The Morgan fingerprint density at radius 2 is 2.00 bits per heavy atom. The summed E-state index contributed by atoms with van der Waals surface area (Å²) in [4.78, 5) is 39.4. The minimum atomic E-state index is -0.655. The van der Waals surface area contributed by atoms with Gasteiger partial charge in [-0.05, 0) is 37.1 Å². The first-order valence-electron chi connectivity index (χ1n) is 6.90. The zero-order valence-corrected chi connectivity index (χ0v) is 13.2. The fourth-order valence-corrected chi connectivity index (χ4v) is 2.96. The predicted octanol–water partition coefficient (Wildman–Crippen LogP) is 1.77. The van der Waals surface area contributed by atoms with E-state index in [0.717, 1.165) is 23.3 Å². The van der Waals surface area contributed by atoms with E-state index in [1.807, 2.05) is 13.0 Å². The van der Waals surface area contributed by atoms with Gasteiger partial charge in [-0.2, -0.15) is 0 Å². The number of rotatable bonds is 4. The Labute approximate surface area is 131 Å². The van der Waals surface area contributed by atoms with Gasteiger partial charge in [0, 0.05) is 11.1 Å². The Morgan fingerprint density at radius 3 is 2.68 bits per heavy atom. The molecule has 6 nitrogen and oxygen atoms in total. The number of hydrogen-bond acceptors (Lipinski definition) is 4. The van der Waals surface area contributed by atoms with Gasteiger partial charge in [-0.15, -0.1) is 11.3 Å². The van der Waals surface area contributed by atoms with Crippen LogP contribution in [0.25, 0.3) is 0 Å². The topological polar surface area (TPSA) is 91.1 Å². The van der Waals surface area contributed by atoms with Gasteiger partial charge in [0.2, 0.25) is 0 Å². The van der Waals surface area contributed by atoms with Gasteiger partial charge in [0.15, 0.2) is 0 Å². The lowest BCUT2D eigenvalue weighted by Gasteiger charge is -2.05. The molecule has 0 aromatic carbocycles. The number of aryl methyl sites for hydroxylation is 2. The highest BCUT2D eigenvalue weighted by molar-refractivity contribution is 7.14. The van der Waals surface area contributed by atoms with E-state index in [1.54, 1.807) is 0 Å². The van der Waals surface area contributed by atoms with Gasteiger partial charge in [-0.1, -0.05) is 13.3 Å². The third-order valence-corrected chi connectivity index (χ3v) is 4.21. The molecule has 2 rings (SSSR count). The summed E-state index contributed by atoms with van der Waals surface area (Å²) in [5.74, 6) is -1.05. The van der Waals surface area contributed by atoms with E-state index >= 15 is 0 Å². The molecule has 0 aliphatic carbocycles. The van der Waals surface area contributed by atoms with E-state index < -0.39 is 17.4 Å². The summed E-state index contributed by atoms with van der Waals surface area (Å²) in [5, 5.41) is 0. The average molecular weight is 319 g/mol. The molecule has 0 bridgehead atoms. The van der Waals surface area contributed by atoms with Crippen LogP contribution in [0.1, 0.15) is 43.8 Å². The van der Waals surface area contributed by atoms with E-state index in [9.17, 15) is 14.4 Å². The molecule has 7 heteroatoms. The molecule has 0 saturated carbocycles. The highest BCUT2D eigenvalue weighted by Crippen LogP contribution is 2.22. The van der Waals surface area contributed by atoms with Crippen LogP contribution in [0.15, 0.2) is 29.2 Å². The molecule has 2 amide bonds. The summed E-state index contributed by atoms with van der Waals surface area (Å²) in [6.45, 7) is 4.04. The maximum absolute atomic E-state index is 12.0. The Hall–Kier alpha value is -2.41. The minimum Gasteiger partial charge on any atom is -0.328 e. The Morgan fingerprint density at radius 1 is 1.27 bits per heavy atom. The number of amides is 2. The maximum atomic E-state index is 12.0. The Balaban J connectivity index is 2.01. The number of hydrazine groups is 1. The zero-order chi connectivity index (χ0) is 16.1. The molecular weight excluding hydrogens is 302 g/mol. The van der Waals surface area contributed by atoms with E-state index in [4.69, 9.17) is 0 Å². The third kappa shape index (κ3) is 3.62. The van der Waals surface area contributed by atoms with Crippen molar-refractivity contribution in [2.75, 3.05) is 0 Å². The molecule has 3 N–H and O–H groups in total. The molecule has 2 aromatic heterocycles. The van der Waals surface area contributed by atoms with E-state index in [0.29, 0.717) is 4.88 Å².